The number of hydrogen-bond donors (Lipinski definition) is 0. The number of para-hydroxylation sites is 1. The summed E-state index contributed by atoms with van der Waals surface area (Å²) in [5, 5.41) is 16.8. The maximum Gasteiger partial charge on any atom is 0.174 e. The van der Waals surface area contributed by atoms with E-state index < -0.39 is 0 Å². The van der Waals surface area contributed by atoms with Gasteiger partial charge >= 0.3 is 0 Å². The van der Waals surface area contributed by atoms with Crippen LogP contribution < -0.4 is 0 Å². The first-order valence-corrected chi connectivity index (χ1v) is 9.47. The molecule has 0 saturated heterocycles. The molecule has 6 aromatic rings. The summed E-state index contributed by atoms with van der Waals surface area (Å²) in [4.78, 5) is 4.67. The van der Waals surface area contributed by atoms with Crippen LogP contribution >= 0.6 is 0 Å². The predicted octanol–water partition coefficient (Wildman–Crippen LogP) is 4.21. The molecule has 0 spiro atoms. The van der Waals surface area contributed by atoms with Gasteiger partial charge in [-0.05, 0) is 28.5 Å². The van der Waals surface area contributed by atoms with Gasteiger partial charge in [0.1, 0.15) is 12.2 Å². The first kappa shape index (κ1) is 15.9. The third-order valence-corrected chi connectivity index (χ3v) is 5.28. The molecular formula is C23H16N6. The molecule has 6 heteroatoms. The molecule has 138 valence electrons. The molecule has 3 heterocycles. The van der Waals surface area contributed by atoms with Crippen LogP contribution in [0.2, 0.25) is 0 Å². The molecule has 0 aliphatic heterocycles. The average Bonchev–Trinajstić information content (AvgIpc) is 3.39. The molecule has 6 rings (SSSR count). The van der Waals surface area contributed by atoms with Gasteiger partial charge in [0.2, 0.25) is 0 Å². The molecule has 0 N–H and O–H groups in total. The highest BCUT2D eigenvalue weighted by Crippen LogP contribution is 2.23. The van der Waals surface area contributed by atoms with Gasteiger partial charge in [-0.3, -0.25) is 4.40 Å². The van der Waals surface area contributed by atoms with Crippen LogP contribution in [-0.2, 0) is 6.42 Å². The van der Waals surface area contributed by atoms with E-state index in [4.69, 9.17) is 0 Å². The molecule has 0 bridgehead atoms. The van der Waals surface area contributed by atoms with Crippen LogP contribution in [0.15, 0.2) is 85.3 Å². The lowest BCUT2D eigenvalue weighted by atomic mass is 10.0. The number of rotatable bonds is 3. The van der Waals surface area contributed by atoms with Gasteiger partial charge in [-0.2, -0.15) is 5.10 Å². The Hall–Kier alpha value is -4.06. The van der Waals surface area contributed by atoms with Crippen molar-refractivity contribution in [3.63, 3.8) is 0 Å². The molecular weight excluding hydrogens is 360 g/mol. The molecule has 29 heavy (non-hydrogen) atoms. The molecule has 0 amide bonds. The van der Waals surface area contributed by atoms with E-state index in [1.54, 1.807) is 12.5 Å². The molecule has 0 radical (unpaired) electrons. The van der Waals surface area contributed by atoms with E-state index >= 15 is 0 Å². The van der Waals surface area contributed by atoms with Crippen molar-refractivity contribution in [3.8, 4) is 5.69 Å². The summed E-state index contributed by atoms with van der Waals surface area (Å²) >= 11 is 0. The minimum absolute atomic E-state index is 0.683. The van der Waals surface area contributed by atoms with Crippen molar-refractivity contribution in [3.05, 3.63) is 96.7 Å². The zero-order chi connectivity index (χ0) is 19.2. The Bertz CT molecular complexity index is 1470. The third-order valence-electron chi connectivity index (χ3n) is 5.28. The van der Waals surface area contributed by atoms with Crippen LogP contribution in [0, 0.1) is 0 Å². The molecule has 3 aromatic heterocycles. The third kappa shape index (κ3) is 2.50. The molecule has 0 unspecified atom stereocenters. The quantitative estimate of drug-likeness (QED) is 0.464. The SMILES string of the molecule is c1ccc(-n2ncc3c2ncn2c(Cc4cccc5ccccc45)nnc32)cc1. The van der Waals surface area contributed by atoms with E-state index in [2.05, 4.69) is 62.7 Å². The Balaban J connectivity index is 1.48. The Kier molecular flexibility index (Phi) is 3.43. The molecule has 0 saturated carbocycles. The van der Waals surface area contributed by atoms with E-state index in [1.807, 2.05) is 39.4 Å². The zero-order valence-corrected chi connectivity index (χ0v) is 15.5. The predicted molar refractivity (Wildman–Crippen MR) is 112 cm³/mol. The summed E-state index contributed by atoms with van der Waals surface area (Å²) in [6.45, 7) is 0. The van der Waals surface area contributed by atoms with Crippen LogP contribution in [0.5, 0.6) is 0 Å². The fraction of sp³-hybridized carbons (Fsp3) is 0.0435. The molecule has 0 atom stereocenters. The second-order valence-electron chi connectivity index (χ2n) is 7.00. The number of nitrogens with zero attached hydrogens (tertiary/aromatic N) is 6. The van der Waals surface area contributed by atoms with Crippen molar-refractivity contribution >= 4 is 27.5 Å². The van der Waals surface area contributed by atoms with Crippen molar-refractivity contribution in [1.82, 2.24) is 29.4 Å². The summed E-state index contributed by atoms with van der Waals surface area (Å²) in [6, 6.07) is 24.7. The van der Waals surface area contributed by atoms with Crippen LogP contribution in [0.3, 0.4) is 0 Å². The zero-order valence-electron chi connectivity index (χ0n) is 15.5. The first-order chi connectivity index (χ1) is 14.4. The van der Waals surface area contributed by atoms with E-state index in [1.165, 1.54) is 16.3 Å². The van der Waals surface area contributed by atoms with Crippen molar-refractivity contribution in [2.75, 3.05) is 0 Å². The molecule has 6 nitrogen and oxygen atoms in total. The molecule has 0 aliphatic rings. The van der Waals surface area contributed by atoms with Crippen LogP contribution in [0.25, 0.3) is 33.1 Å². The largest absolute Gasteiger partial charge is 0.268 e. The normalized spacial score (nSPS) is 11.6. The summed E-state index contributed by atoms with van der Waals surface area (Å²) < 4.78 is 3.79. The summed E-state index contributed by atoms with van der Waals surface area (Å²) in [6.07, 6.45) is 4.28. The van der Waals surface area contributed by atoms with E-state index in [-0.39, 0.29) is 0 Å². The lowest BCUT2D eigenvalue weighted by Gasteiger charge is -2.06. The monoisotopic (exact) mass is 376 g/mol. The van der Waals surface area contributed by atoms with Gasteiger partial charge in [0.15, 0.2) is 11.3 Å². The number of benzene rings is 3. The van der Waals surface area contributed by atoms with Crippen LogP contribution in [0.4, 0.5) is 0 Å². The Labute approximate surface area is 166 Å². The topological polar surface area (TPSA) is 60.9 Å². The number of aromatic nitrogens is 6. The second-order valence-corrected chi connectivity index (χ2v) is 7.00. The molecule has 3 aromatic carbocycles. The Morgan fingerprint density at radius 2 is 1.55 bits per heavy atom. The minimum Gasteiger partial charge on any atom is -0.268 e. The standard InChI is InChI=1S/C23H16N6/c1-2-10-18(11-3-1)29-22-20(14-25-29)23-27-26-21(28(23)15-24-22)13-17-9-6-8-16-7-4-5-12-19(16)17/h1-12,14-15H,13H2. The van der Waals surface area contributed by atoms with Gasteiger partial charge in [0.05, 0.1) is 17.3 Å². The highest BCUT2D eigenvalue weighted by atomic mass is 15.3. The van der Waals surface area contributed by atoms with Gasteiger partial charge in [-0.1, -0.05) is 60.7 Å². The summed E-state index contributed by atoms with van der Waals surface area (Å²) in [5.74, 6) is 0.859. The maximum absolute atomic E-state index is 4.67. The minimum atomic E-state index is 0.683. The van der Waals surface area contributed by atoms with Gasteiger partial charge in [0, 0.05) is 6.42 Å². The van der Waals surface area contributed by atoms with Gasteiger partial charge in [0.25, 0.3) is 0 Å². The Morgan fingerprint density at radius 1 is 0.724 bits per heavy atom. The average molecular weight is 376 g/mol. The fourth-order valence-electron chi connectivity index (χ4n) is 3.86. The highest BCUT2D eigenvalue weighted by Gasteiger charge is 2.15. The Morgan fingerprint density at radius 3 is 2.48 bits per heavy atom. The van der Waals surface area contributed by atoms with Crippen molar-refractivity contribution in [1.29, 1.82) is 0 Å². The highest BCUT2D eigenvalue weighted by molar-refractivity contribution is 5.89. The second kappa shape index (κ2) is 6.24. The lowest BCUT2D eigenvalue weighted by Crippen LogP contribution is -2.00. The number of fused-ring (bicyclic) bond motifs is 4. The van der Waals surface area contributed by atoms with Gasteiger partial charge in [-0.25, -0.2) is 9.67 Å². The van der Waals surface area contributed by atoms with Crippen LogP contribution in [0.1, 0.15) is 11.4 Å². The molecule has 0 aliphatic carbocycles. The van der Waals surface area contributed by atoms with Crippen molar-refractivity contribution < 1.29 is 0 Å². The van der Waals surface area contributed by atoms with E-state index in [0.29, 0.717) is 6.42 Å². The first-order valence-electron chi connectivity index (χ1n) is 9.47. The van der Waals surface area contributed by atoms with Crippen molar-refractivity contribution in [2.24, 2.45) is 0 Å². The smallest absolute Gasteiger partial charge is 0.174 e. The summed E-state index contributed by atoms with van der Waals surface area (Å²) in [7, 11) is 0. The van der Waals surface area contributed by atoms with Crippen LogP contribution in [-0.4, -0.2) is 29.4 Å². The molecule has 0 fully saturated rings. The lowest BCUT2D eigenvalue weighted by molar-refractivity contribution is 0.886. The van der Waals surface area contributed by atoms with Gasteiger partial charge in [-0.15, -0.1) is 10.2 Å². The number of hydrogen-bond acceptors (Lipinski definition) is 4. The van der Waals surface area contributed by atoms with E-state index in [9.17, 15) is 0 Å². The van der Waals surface area contributed by atoms with Crippen molar-refractivity contribution in [2.45, 2.75) is 6.42 Å². The summed E-state index contributed by atoms with van der Waals surface area (Å²) in [5.41, 5.74) is 3.73. The van der Waals surface area contributed by atoms with Gasteiger partial charge < -0.3 is 0 Å². The van der Waals surface area contributed by atoms with E-state index in [0.717, 1.165) is 28.2 Å². The maximum atomic E-state index is 4.67. The fourth-order valence-corrected chi connectivity index (χ4v) is 3.86.